The van der Waals surface area contributed by atoms with E-state index < -0.39 is 0 Å². The van der Waals surface area contributed by atoms with Crippen LogP contribution >= 0.6 is 0 Å². The molecule has 1 rings (SSSR count). The lowest BCUT2D eigenvalue weighted by Crippen LogP contribution is -2.32. The van der Waals surface area contributed by atoms with E-state index in [9.17, 15) is 0 Å². The van der Waals surface area contributed by atoms with E-state index in [4.69, 9.17) is 0 Å². The fourth-order valence-electron chi connectivity index (χ4n) is 3.35. The number of hydrogen-bond donors (Lipinski definition) is 0. The highest BCUT2D eigenvalue weighted by molar-refractivity contribution is 4.84. The van der Waals surface area contributed by atoms with E-state index in [0.29, 0.717) is 0 Å². The maximum absolute atomic E-state index is 2.46. The standard InChI is InChI=1S/C21H41N2/c1-4-6-8-9-10-11-12-13-14-15-16-17-21-22(3)19-20-23(21)18-7-5-2/h19-20H,4-18H2,1-3H3/q+1. The first-order valence-electron chi connectivity index (χ1n) is 10.3. The summed E-state index contributed by atoms with van der Waals surface area (Å²) in [5, 5.41) is 0. The number of aryl methyl sites for hydroxylation is 2. The van der Waals surface area contributed by atoms with Crippen LogP contribution in [-0.4, -0.2) is 4.57 Å². The maximum atomic E-state index is 2.46. The van der Waals surface area contributed by atoms with Crippen molar-refractivity contribution in [2.75, 3.05) is 0 Å². The average Bonchev–Trinajstić information content (AvgIpc) is 2.91. The van der Waals surface area contributed by atoms with Crippen molar-refractivity contribution in [2.24, 2.45) is 7.05 Å². The molecule has 0 spiro atoms. The fourth-order valence-corrected chi connectivity index (χ4v) is 3.35. The van der Waals surface area contributed by atoms with Crippen LogP contribution in [0.2, 0.25) is 0 Å². The van der Waals surface area contributed by atoms with Crippen LogP contribution in [0, 0.1) is 0 Å². The number of rotatable bonds is 15. The van der Waals surface area contributed by atoms with Crippen molar-refractivity contribution in [1.82, 2.24) is 4.57 Å². The molecule has 0 amide bonds. The highest BCUT2D eigenvalue weighted by Crippen LogP contribution is 2.12. The van der Waals surface area contributed by atoms with Gasteiger partial charge in [-0.05, 0) is 12.8 Å². The fraction of sp³-hybridized carbons (Fsp3) is 0.857. The zero-order valence-electron chi connectivity index (χ0n) is 16.2. The molecule has 0 aliphatic carbocycles. The lowest BCUT2D eigenvalue weighted by molar-refractivity contribution is -0.678. The molecule has 0 bridgehead atoms. The van der Waals surface area contributed by atoms with E-state index in [0.717, 1.165) is 0 Å². The Labute approximate surface area is 145 Å². The first-order chi connectivity index (χ1) is 11.3. The Kier molecular flexibility index (Phi) is 12.0. The van der Waals surface area contributed by atoms with E-state index in [1.807, 2.05) is 0 Å². The van der Waals surface area contributed by atoms with Crippen LogP contribution in [0.1, 0.15) is 103 Å². The first-order valence-corrected chi connectivity index (χ1v) is 10.3. The zero-order chi connectivity index (χ0) is 16.8. The highest BCUT2D eigenvalue weighted by atomic mass is 15.1. The van der Waals surface area contributed by atoms with Gasteiger partial charge in [0.25, 0.3) is 5.82 Å². The molecule has 2 heteroatoms. The SMILES string of the molecule is CCCCCCCCCCCCCc1n(CCCC)cc[n+]1C. The molecule has 0 aliphatic rings. The molecule has 134 valence electrons. The molecule has 0 radical (unpaired) electrons. The van der Waals surface area contributed by atoms with Crippen LogP contribution in [-0.2, 0) is 20.0 Å². The Hall–Kier alpha value is -0.790. The van der Waals surface area contributed by atoms with Crippen molar-refractivity contribution in [3.63, 3.8) is 0 Å². The normalized spacial score (nSPS) is 11.3. The quantitative estimate of drug-likeness (QED) is 0.278. The van der Waals surface area contributed by atoms with Gasteiger partial charge in [-0.2, -0.15) is 0 Å². The Bertz CT molecular complexity index is 381. The van der Waals surface area contributed by atoms with Crippen molar-refractivity contribution in [3.8, 4) is 0 Å². The van der Waals surface area contributed by atoms with Crippen molar-refractivity contribution in [1.29, 1.82) is 0 Å². The van der Waals surface area contributed by atoms with E-state index in [1.165, 1.54) is 102 Å². The zero-order valence-corrected chi connectivity index (χ0v) is 16.2. The summed E-state index contributed by atoms with van der Waals surface area (Å²) in [5.74, 6) is 1.51. The highest BCUT2D eigenvalue weighted by Gasteiger charge is 2.13. The lowest BCUT2D eigenvalue weighted by atomic mass is 10.1. The summed E-state index contributed by atoms with van der Waals surface area (Å²) in [6.45, 7) is 5.75. The van der Waals surface area contributed by atoms with Gasteiger partial charge in [0, 0.05) is 6.42 Å². The summed E-state index contributed by atoms with van der Waals surface area (Å²) >= 11 is 0. The lowest BCUT2D eigenvalue weighted by Gasteiger charge is -2.04. The maximum Gasteiger partial charge on any atom is 0.256 e. The van der Waals surface area contributed by atoms with Gasteiger partial charge in [0.15, 0.2) is 0 Å². The number of imidazole rings is 1. The molecular formula is C21H41N2+. The van der Waals surface area contributed by atoms with Gasteiger partial charge in [-0.25, -0.2) is 9.13 Å². The topological polar surface area (TPSA) is 8.81 Å². The monoisotopic (exact) mass is 321 g/mol. The summed E-state index contributed by atoms with van der Waals surface area (Å²) in [6, 6.07) is 0. The van der Waals surface area contributed by atoms with Gasteiger partial charge < -0.3 is 0 Å². The number of nitrogens with zero attached hydrogens (tertiary/aromatic N) is 2. The summed E-state index contributed by atoms with van der Waals surface area (Å²) in [7, 11) is 2.19. The summed E-state index contributed by atoms with van der Waals surface area (Å²) < 4.78 is 4.77. The molecule has 1 heterocycles. The van der Waals surface area contributed by atoms with Gasteiger partial charge in [0.2, 0.25) is 0 Å². The third kappa shape index (κ3) is 9.17. The van der Waals surface area contributed by atoms with Crippen LogP contribution in [0.3, 0.4) is 0 Å². The predicted octanol–water partition coefficient (Wildman–Crippen LogP) is 5.97. The molecule has 0 N–H and O–H groups in total. The van der Waals surface area contributed by atoms with Crippen LogP contribution < -0.4 is 4.57 Å². The van der Waals surface area contributed by atoms with Gasteiger partial charge in [0.1, 0.15) is 12.4 Å². The second kappa shape index (κ2) is 13.6. The van der Waals surface area contributed by atoms with Gasteiger partial charge in [0.05, 0.1) is 13.6 Å². The molecule has 0 saturated carbocycles. The molecule has 23 heavy (non-hydrogen) atoms. The first kappa shape index (κ1) is 20.3. The van der Waals surface area contributed by atoms with E-state index in [2.05, 4.69) is 42.4 Å². The third-order valence-electron chi connectivity index (χ3n) is 4.97. The molecule has 1 aromatic heterocycles. The second-order valence-corrected chi connectivity index (χ2v) is 7.16. The second-order valence-electron chi connectivity index (χ2n) is 7.16. The van der Waals surface area contributed by atoms with Crippen LogP contribution in [0.4, 0.5) is 0 Å². The van der Waals surface area contributed by atoms with Crippen LogP contribution in [0.25, 0.3) is 0 Å². The Balaban J connectivity index is 2.01. The molecule has 0 saturated heterocycles. The van der Waals surface area contributed by atoms with Crippen molar-refractivity contribution in [2.45, 2.75) is 110 Å². The van der Waals surface area contributed by atoms with Crippen molar-refractivity contribution in [3.05, 3.63) is 18.2 Å². The largest absolute Gasteiger partial charge is 0.256 e. The molecule has 0 aliphatic heterocycles. The summed E-state index contributed by atoms with van der Waals surface area (Å²) in [6.07, 6.45) is 23.9. The molecular weight excluding hydrogens is 280 g/mol. The molecule has 0 unspecified atom stereocenters. The van der Waals surface area contributed by atoms with Crippen molar-refractivity contribution < 1.29 is 4.57 Å². The minimum atomic E-state index is 1.19. The number of aromatic nitrogens is 2. The van der Waals surface area contributed by atoms with Crippen LogP contribution in [0.5, 0.6) is 0 Å². The molecule has 0 fully saturated rings. The van der Waals surface area contributed by atoms with E-state index >= 15 is 0 Å². The van der Waals surface area contributed by atoms with Gasteiger partial charge in [-0.3, -0.25) is 0 Å². The van der Waals surface area contributed by atoms with Crippen molar-refractivity contribution >= 4 is 0 Å². The van der Waals surface area contributed by atoms with Gasteiger partial charge >= 0.3 is 0 Å². The van der Waals surface area contributed by atoms with Gasteiger partial charge in [-0.1, -0.05) is 84.5 Å². The summed E-state index contributed by atoms with van der Waals surface area (Å²) in [4.78, 5) is 0. The number of unbranched alkanes of at least 4 members (excludes halogenated alkanes) is 11. The summed E-state index contributed by atoms with van der Waals surface area (Å²) in [5.41, 5.74) is 0. The molecule has 2 nitrogen and oxygen atoms in total. The molecule has 1 aromatic rings. The Morgan fingerprint density at radius 1 is 0.739 bits per heavy atom. The minimum absolute atomic E-state index is 1.19. The van der Waals surface area contributed by atoms with E-state index in [1.54, 1.807) is 0 Å². The molecule has 0 atom stereocenters. The third-order valence-corrected chi connectivity index (χ3v) is 4.97. The smallest absolute Gasteiger partial charge is 0.237 e. The molecule has 0 aromatic carbocycles. The average molecular weight is 322 g/mol. The Morgan fingerprint density at radius 3 is 1.83 bits per heavy atom. The number of hydrogen-bond acceptors (Lipinski definition) is 0. The van der Waals surface area contributed by atoms with Crippen LogP contribution in [0.15, 0.2) is 12.4 Å². The van der Waals surface area contributed by atoms with E-state index in [-0.39, 0.29) is 0 Å². The van der Waals surface area contributed by atoms with Gasteiger partial charge in [-0.15, -0.1) is 0 Å². The Morgan fingerprint density at radius 2 is 1.26 bits per heavy atom. The minimum Gasteiger partial charge on any atom is -0.237 e. The predicted molar refractivity (Wildman–Crippen MR) is 101 cm³/mol.